The zero-order valence-corrected chi connectivity index (χ0v) is 11.7. The van der Waals surface area contributed by atoms with E-state index in [0.29, 0.717) is 5.56 Å². The van der Waals surface area contributed by atoms with Crippen LogP contribution in [0.5, 0.6) is 0 Å². The second kappa shape index (κ2) is 4.91. The SMILES string of the molecule is [2H]c1c(-c2ccc3ccccc3c2)c([2H])c2c([2H])c([2H])c(Cl)c([2H])c2c1[2H]. The molecule has 0 nitrogen and oxygen atoms in total. The van der Waals surface area contributed by atoms with Crippen molar-refractivity contribution >= 4 is 33.1 Å². The summed E-state index contributed by atoms with van der Waals surface area (Å²) in [6.07, 6.45) is 0. The summed E-state index contributed by atoms with van der Waals surface area (Å²) in [5, 5.41) is 1.70. The summed E-state index contributed by atoms with van der Waals surface area (Å²) in [7, 11) is 0. The average molecular weight is 295 g/mol. The summed E-state index contributed by atoms with van der Waals surface area (Å²) in [5.74, 6) is 0. The van der Waals surface area contributed by atoms with Crippen molar-refractivity contribution < 1.29 is 8.22 Å². The summed E-state index contributed by atoms with van der Waals surface area (Å²) >= 11 is 5.96. The van der Waals surface area contributed by atoms with Gasteiger partial charge in [-0.1, -0.05) is 66.1 Å². The van der Waals surface area contributed by atoms with E-state index in [2.05, 4.69) is 0 Å². The lowest BCUT2D eigenvalue weighted by Gasteiger charge is -2.06. The molecule has 0 bridgehead atoms. The largest absolute Gasteiger partial charge is 0.0843 e. The van der Waals surface area contributed by atoms with Gasteiger partial charge in [0.2, 0.25) is 0 Å². The Bertz CT molecular complexity index is 1250. The fourth-order valence-corrected chi connectivity index (χ4v) is 2.48. The summed E-state index contributed by atoms with van der Waals surface area (Å²) in [4.78, 5) is 0. The molecule has 4 aromatic carbocycles. The number of fused-ring (bicyclic) bond motifs is 2. The lowest BCUT2D eigenvalue weighted by Crippen LogP contribution is -1.80. The van der Waals surface area contributed by atoms with Crippen molar-refractivity contribution in [3.63, 3.8) is 0 Å². The Balaban J connectivity index is 2.15. The molecule has 0 amide bonds. The first-order chi connectivity index (χ1) is 12.8. The fraction of sp³-hybridized carbons (Fsp3) is 0. The minimum atomic E-state index is -0.343. The molecule has 0 saturated heterocycles. The average Bonchev–Trinajstić information content (AvgIpc) is 2.67. The highest BCUT2D eigenvalue weighted by molar-refractivity contribution is 6.31. The van der Waals surface area contributed by atoms with E-state index in [1.165, 1.54) is 0 Å². The molecule has 0 fully saturated rings. The molecule has 1 heteroatoms. The van der Waals surface area contributed by atoms with Crippen molar-refractivity contribution in [2.75, 3.05) is 0 Å². The second-order valence-electron chi connectivity index (χ2n) is 4.75. The van der Waals surface area contributed by atoms with Crippen molar-refractivity contribution in [3.05, 3.63) is 83.7 Å². The third kappa shape index (κ3) is 2.28. The van der Waals surface area contributed by atoms with Gasteiger partial charge in [-0.05, 0) is 56.9 Å². The number of rotatable bonds is 1. The highest BCUT2D eigenvalue weighted by atomic mass is 35.5. The van der Waals surface area contributed by atoms with Crippen LogP contribution in [-0.4, -0.2) is 0 Å². The standard InChI is InChI=1S/C20H13Cl/c21-20-10-9-18-12-17(7-8-19(18)13-20)16-6-5-14-3-1-2-4-15(14)11-16/h1-13H/i7D,8D,9D,10D,12D,13D. The molecule has 0 saturated carbocycles. The van der Waals surface area contributed by atoms with E-state index >= 15 is 0 Å². The van der Waals surface area contributed by atoms with Crippen LogP contribution < -0.4 is 0 Å². The highest BCUT2D eigenvalue weighted by Crippen LogP contribution is 2.28. The zero-order valence-electron chi connectivity index (χ0n) is 16.9. The maximum atomic E-state index is 8.59. The Morgan fingerprint density at radius 3 is 2.33 bits per heavy atom. The molecule has 0 heterocycles. The van der Waals surface area contributed by atoms with E-state index < -0.39 is 0 Å². The number of halogens is 1. The van der Waals surface area contributed by atoms with Gasteiger partial charge in [0.15, 0.2) is 0 Å². The quantitative estimate of drug-likeness (QED) is 0.386. The van der Waals surface area contributed by atoms with Gasteiger partial charge in [-0.15, -0.1) is 0 Å². The molecule has 0 aliphatic heterocycles. The molecule has 0 aliphatic carbocycles. The molecule has 100 valence electrons. The van der Waals surface area contributed by atoms with Crippen molar-refractivity contribution in [2.45, 2.75) is 0 Å². The highest BCUT2D eigenvalue weighted by Gasteiger charge is 2.02. The summed E-state index contributed by atoms with van der Waals surface area (Å²) in [6, 6.07) is 11.7. The van der Waals surface area contributed by atoms with Crippen LogP contribution in [0.1, 0.15) is 8.22 Å². The van der Waals surface area contributed by atoms with E-state index in [1.807, 2.05) is 36.4 Å². The molecular weight excluding hydrogens is 276 g/mol. The lowest BCUT2D eigenvalue weighted by atomic mass is 9.99. The van der Waals surface area contributed by atoms with E-state index in [0.717, 1.165) is 10.8 Å². The fourth-order valence-electron chi connectivity index (χ4n) is 2.34. The molecule has 0 aliphatic rings. The molecule has 0 radical (unpaired) electrons. The van der Waals surface area contributed by atoms with Crippen LogP contribution in [0.3, 0.4) is 0 Å². The van der Waals surface area contributed by atoms with Gasteiger partial charge in [0.1, 0.15) is 0 Å². The summed E-state index contributed by atoms with van der Waals surface area (Å²) in [6.45, 7) is 0. The molecule has 4 rings (SSSR count). The monoisotopic (exact) mass is 294 g/mol. The number of hydrogen-bond donors (Lipinski definition) is 0. The summed E-state index contributed by atoms with van der Waals surface area (Å²) in [5.41, 5.74) is 0.805. The van der Waals surface area contributed by atoms with Crippen molar-refractivity contribution in [1.82, 2.24) is 0 Å². The smallest absolute Gasteiger partial charge is 0.0645 e. The minimum Gasteiger partial charge on any atom is -0.0843 e. The van der Waals surface area contributed by atoms with Gasteiger partial charge in [0.25, 0.3) is 0 Å². The minimum absolute atomic E-state index is 0.0126. The van der Waals surface area contributed by atoms with Gasteiger partial charge in [-0.25, -0.2) is 0 Å². The van der Waals surface area contributed by atoms with Crippen molar-refractivity contribution in [2.24, 2.45) is 0 Å². The zero-order chi connectivity index (χ0) is 19.5. The predicted octanol–water partition coefficient (Wildman–Crippen LogP) is 6.31. The van der Waals surface area contributed by atoms with Crippen molar-refractivity contribution in [3.8, 4) is 11.1 Å². The molecule has 4 aromatic rings. The Kier molecular flexibility index (Phi) is 1.78. The van der Waals surface area contributed by atoms with E-state index in [9.17, 15) is 0 Å². The molecule has 0 atom stereocenters. The lowest BCUT2D eigenvalue weighted by molar-refractivity contribution is 1.67. The van der Waals surface area contributed by atoms with Gasteiger partial charge in [0.05, 0.1) is 8.22 Å². The maximum Gasteiger partial charge on any atom is 0.0645 e. The normalized spacial score (nSPS) is 15.1. The topological polar surface area (TPSA) is 0 Å². The van der Waals surface area contributed by atoms with E-state index in [4.69, 9.17) is 19.8 Å². The second-order valence-corrected chi connectivity index (χ2v) is 5.13. The Morgan fingerprint density at radius 2 is 1.43 bits per heavy atom. The molecule has 0 unspecified atom stereocenters. The molecule has 0 aromatic heterocycles. The van der Waals surface area contributed by atoms with Crippen LogP contribution in [-0.2, 0) is 0 Å². The molecular formula is C20H13Cl. The third-order valence-corrected chi connectivity index (χ3v) is 3.57. The van der Waals surface area contributed by atoms with Gasteiger partial charge in [0, 0.05) is 5.02 Å². The van der Waals surface area contributed by atoms with Crippen LogP contribution >= 0.6 is 11.6 Å². The van der Waals surface area contributed by atoms with E-state index in [-0.39, 0.29) is 57.6 Å². The van der Waals surface area contributed by atoms with Crippen LogP contribution in [0, 0.1) is 0 Å². The van der Waals surface area contributed by atoms with Crippen LogP contribution in [0.25, 0.3) is 32.7 Å². The number of hydrogen-bond acceptors (Lipinski definition) is 0. The molecule has 0 N–H and O–H groups in total. The predicted molar refractivity (Wildman–Crippen MR) is 91.9 cm³/mol. The Morgan fingerprint density at radius 1 is 0.667 bits per heavy atom. The Hall–Kier alpha value is -2.31. The van der Waals surface area contributed by atoms with Gasteiger partial charge in [-0.2, -0.15) is 0 Å². The van der Waals surface area contributed by atoms with Gasteiger partial charge < -0.3 is 0 Å². The van der Waals surface area contributed by atoms with Crippen LogP contribution in [0.15, 0.2) is 78.7 Å². The molecule has 0 spiro atoms. The van der Waals surface area contributed by atoms with Crippen LogP contribution in [0.4, 0.5) is 0 Å². The van der Waals surface area contributed by atoms with E-state index in [1.54, 1.807) is 6.07 Å². The first kappa shape index (κ1) is 7.63. The van der Waals surface area contributed by atoms with Gasteiger partial charge in [-0.3, -0.25) is 0 Å². The first-order valence-corrected chi connectivity index (χ1v) is 6.88. The maximum absolute atomic E-state index is 8.59. The summed E-state index contributed by atoms with van der Waals surface area (Å²) < 4.78 is 49.6. The van der Waals surface area contributed by atoms with Crippen LogP contribution in [0.2, 0.25) is 5.02 Å². The number of benzene rings is 4. The van der Waals surface area contributed by atoms with Crippen molar-refractivity contribution in [1.29, 1.82) is 0 Å². The van der Waals surface area contributed by atoms with Gasteiger partial charge >= 0.3 is 0 Å². The first-order valence-electron chi connectivity index (χ1n) is 9.50. The third-order valence-electron chi connectivity index (χ3n) is 3.38. The Labute approximate surface area is 137 Å². The molecule has 21 heavy (non-hydrogen) atoms.